The molecule has 0 aromatic carbocycles. The van der Waals surface area contributed by atoms with Crippen molar-refractivity contribution >= 4 is 18.1 Å². The van der Waals surface area contributed by atoms with Crippen LogP contribution in [0.4, 0.5) is 0 Å². The Hall–Kier alpha value is -0.860. The van der Waals surface area contributed by atoms with E-state index in [1.807, 2.05) is 0 Å². The summed E-state index contributed by atoms with van der Waals surface area (Å²) in [5, 5.41) is 0. The molecule has 0 bridgehead atoms. The van der Waals surface area contributed by atoms with E-state index in [2.05, 4.69) is 23.2 Å². The molecule has 3 heteroatoms. The topological polar surface area (TPSA) is 38.4 Å². The van der Waals surface area contributed by atoms with Crippen LogP contribution in [0.2, 0.25) is 0 Å². The minimum Gasteiger partial charge on any atom is -0.323 e. The molecule has 15 heavy (non-hydrogen) atoms. The second kappa shape index (κ2) is 3.95. The van der Waals surface area contributed by atoms with Gasteiger partial charge in [0.25, 0.3) is 0 Å². The number of halogens is 1. The quantitative estimate of drug-likeness (QED) is 0.672. The number of fused-ring (bicyclic) bond motifs is 2. The lowest BCUT2D eigenvalue weighted by molar-refractivity contribution is 0.659. The van der Waals surface area contributed by atoms with E-state index in [-0.39, 0.29) is 18.4 Å². The molecule has 1 aliphatic heterocycles. The third-order valence-electron chi connectivity index (χ3n) is 3.23. The lowest BCUT2D eigenvalue weighted by Crippen LogP contribution is -2.34. The van der Waals surface area contributed by atoms with Crippen LogP contribution < -0.4 is 5.73 Å². The van der Waals surface area contributed by atoms with Crippen LogP contribution in [0.25, 0.3) is 0 Å². The largest absolute Gasteiger partial charge is 0.323 e. The molecule has 3 aliphatic rings. The summed E-state index contributed by atoms with van der Waals surface area (Å²) >= 11 is 0. The van der Waals surface area contributed by atoms with Gasteiger partial charge in [-0.1, -0.05) is 12.2 Å². The SMILES string of the molecule is Cl.NC1CCCC2=C3CC=CC=C3N=C21. The number of allylic oxidation sites excluding steroid dienone is 4. The summed E-state index contributed by atoms with van der Waals surface area (Å²) in [5.74, 6) is 0. The third-order valence-corrected chi connectivity index (χ3v) is 3.23. The van der Waals surface area contributed by atoms with Gasteiger partial charge in [-0.25, -0.2) is 0 Å². The fraction of sp³-hybridized carbons (Fsp3) is 0.417. The average molecular weight is 223 g/mol. The van der Waals surface area contributed by atoms with Crippen molar-refractivity contribution in [1.82, 2.24) is 0 Å². The van der Waals surface area contributed by atoms with Crippen molar-refractivity contribution in [2.24, 2.45) is 10.7 Å². The number of nitrogens with two attached hydrogens (primary N) is 1. The highest BCUT2D eigenvalue weighted by Crippen LogP contribution is 2.36. The number of nitrogens with zero attached hydrogens (tertiary/aromatic N) is 1. The molecule has 1 unspecified atom stereocenters. The van der Waals surface area contributed by atoms with E-state index in [0.717, 1.165) is 18.5 Å². The van der Waals surface area contributed by atoms with Gasteiger partial charge in [0.15, 0.2) is 0 Å². The molecule has 1 fully saturated rings. The first-order chi connectivity index (χ1) is 6.86. The lowest BCUT2D eigenvalue weighted by Gasteiger charge is -2.21. The zero-order chi connectivity index (χ0) is 9.54. The first-order valence-corrected chi connectivity index (χ1v) is 5.30. The monoisotopic (exact) mass is 222 g/mol. The summed E-state index contributed by atoms with van der Waals surface area (Å²) in [5.41, 5.74) is 11.3. The second-order valence-electron chi connectivity index (χ2n) is 4.14. The van der Waals surface area contributed by atoms with Gasteiger partial charge in [0.05, 0.1) is 11.4 Å². The van der Waals surface area contributed by atoms with Gasteiger partial charge in [-0.15, -0.1) is 12.4 Å². The predicted octanol–water partition coefficient (Wildman–Crippen LogP) is 2.51. The number of hydrogen-bond donors (Lipinski definition) is 1. The summed E-state index contributed by atoms with van der Waals surface area (Å²) < 4.78 is 0. The van der Waals surface area contributed by atoms with Crippen LogP contribution in [0.1, 0.15) is 25.7 Å². The van der Waals surface area contributed by atoms with E-state index in [9.17, 15) is 0 Å². The van der Waals surface area contributed by atoms with Crippen LogP contribution >= 0.6 is 12.4 Å². The molecule has 0 spiro atoms. The zero-order valence-corrected chi connectivity index (χ0v) is 9.39. The van der Waals surface area contributed by atoms with Crippen molar-refractivity contribution in [3.63, 3.8) is 0 Å². The van der Waals surface area contributed by atoms with Crippen molar-refractivity contribution in [3.8, 4) is 0 Å². The van der Waals surface area contributed by atoms with E-state index in [4.69, 9.17) is 5.73 Å². The van der Waals surface area contributed by atoms with E-state index < -0.39 is 0 Å². The molecule has 1 heterocycles. The van der Waals surface area contributed by atoms with Crippen LogP contribution in [0.15, 0.2) is 40.1 Å². The maximum Gasteiger partial charge on any atom is 0.0672 e. The van der Waals surface area contributed by atoms with E-state index >= 15 is 0 Å². The van der Waals surface area contributed by atoms with E-state index in [0.29, 0.717) is 0 Å². The van der Waals surface area contributed by atoms with Crippen LogP contribution in [0.3, 0.4) is 0 Å². The first-order valence-electron chi connectivity index (χ1n) is 5.30. The maximum absolute atomic E-state index is 6.06. The van der Waals surface area contributed by atoms with Crippen molar-refractivity contribution in [1.29, 1.82) is 0 Å². The molecule has 0 aromatic heterocycles. The van der Waals surface area contributed by atoms with Crippen molar-refractivity contribution in [2.45, 2.75) is 31.7 Å². The minimum absolute atomic E-state index is 0. The molecule has 2 aliphatic carbocycles. The van der Waals surface area contributed by atoms with Crippen molar-refractivity contribution in [3.05, 3.63) is 35.1 Å². The standard InChI is InChI=1S/C12H14N2.ClH/c13-10-6-3-5-9-8-4-1-2-7-11(8)14-12(9)10;/h1-2,7,10H,3-6,13H2;1H. The van der Waals surface area contributed by atoms with Crippen LogP contribution in [-0.4, -0.2) is 11.8 Å². The lowest BCUT2D eigenvalue weighted by atomic mass is 9.86. The molecule has 2 nitrogen and oxygen atoms in total. The van der Waals surface area contributed by atoms with Gasteiger partial charge in [-0.3, -0.25) is 4.99 Å². The van der Waals surface area contributed by atoms with Gasteiger partial charge >= 0.3 is 0 Å². The van der Waals surface area contributed by atoms with Crippen molar-refractivity contribution in [2.75, 3.05) is 0 Å². The number of hydrogen-bond acceptors (Lipinski definition) is 2. The highest BCUT2D eigenvalue weighted by atomic mass is 35.5. The average Bonchev–Trinajstić information content (AvgIpc) is 2.59. The number of aliphatic imine (C=N–C) groups is 1. The van der Waals surface area contributed by atoms with E-state index in [1.54, 1.807) is 0 Å². The maximum atomic E-state index is 6.06. The fourth-order valence-electron chi connectivity index (χ4n) is 2.51. The molecule has 0 saturated heterocycles. The van der Waals surface area contributed by atoms with Gasteiger partial charge in [0.2, 0.25) is 0 Å². The first kappa shape index (κ1) is 10.7. The molecule has 2 N–H and O–H groups in total. The molecule has 1 atom stereocenters. The smallest absolute Gasteiger partial charge is 0.0672 e. The Morgan fingerprint density at radius 2 is 2.20 bits per heavy atom. The minimum atomic E-state index is 0. The summed E-state index contributed by atoms with van der Waals surface area (Å²) in [4.78, 5) is 4.64. The Bertz CT molecular complexity index is 402. The Balaban J connectivity index is 0.000000853. The predicted molar refractivity (Wildman–Crippen MR) is 65.4 cm³/mol. The molecule has 3 rings (SSSR count). The molecule has 1 saturated carbocycles. The van der Waals surface area contributed by atoms with E-state index in [1.165, 1.54) is 29.7 Å². The fourth-order valence-corrected chi connectivity index (χ4v) is 2.51. The highest BCUT2D eigenvalue weighted by molar-refractivity contribution is 6.09. The van der Waals surface area contributed by atoms with Crippen LogP contribution in [0, 0.1) is 0 Å². The van der Waals surface area contributed by atoms with Gasteiger partial charge < -0.3 is 5.73 Å². The molecular weight excluding hydrogens is 208 g/mol. The summed E-state index contributed by atoms with van der Waals surface area (Å²) in [6.07, 6.45) is 10.9. The second-order valence-corrected chi connectivity index (χ2v) is 4.14. The third kappa shape index (κ3) is 1.58. The van der Waals surface area contributed by atoms with Crippen LogP contribution in [0.5, 0.6) is 0 Å². The zero-order valence-electron chi connectivity index (χ0n) is 8.57. The Morgan fingerprint density at radius 3 is 3.07 bits per heavy atom. The Morgan fingerprint density at radius 1 is 1.33 bits per heavy atom. The Kier molecular flexibility index (Phi) is 2.81. The summed E-state index contributed by atoms with van der Waals surface area (Å²) in [6, 6.07) is 0.178. The van der Waals surface area contributed by atoms with Gasteiger partial charge in [0, 0.05) is 6.04 Å². The Labute approximate surface area is 96.1 Å². The molecule has 0 amide bonds. The number of rotatable bonds is 0. The molecule has 80 valence electrons. The van der Waals surface area contributed by atoms with Crippen LogP contribution in [-0.2, 0) is 0 Å². The summed E-state index contributed by atoms with van der Waals surface area (Å²) in [7, 11) is 0. The molecule has 0 radical (unpaired) electrons. The molecule has 0 aromatic rings. The van der Waals surface area contributed by atoms with Crippen molar-refractivity contribution < 1.29 is 0 Å². The summed E-state index contributed by atoms with van der Waals surface area (Å²) in [6.45, 7) is 0. The normalized spacial score (nSPS) is 27.7. The highest BCUT2D eigenvalue weighted by Gasteiger charge is 2.29. The van der Waals surface area contributed by atoms with Gasteiger partial charge in [-0.05, 0) is 42.9 Å². The van der Waals surface area contributed by atoms with Gasteiger partial charge in [0.1, 0.15) is 0 Å². The van der Waals surface area contributed by atoms with Gasteiger partial charge in [-0.2, -0.15) is 0 Å². The molecular formula is C12H15ClN2.